The number of carbonyl (C=O) groups is 3. The fraction of sp³-hybridized carbons (Fsp3) is 0.320. The summed E-state index contributed by atoms with van der Waals surface area (Å²) in [5.74, 6) is -3.05. The van der Waals surface area contributed by atoms with Crippen molar-refractivity contribution in [2.45, 2.75) is 31.7 Å². The number of amides is 3. The Morgan fingerprint density at radius 3 is 2.46 bits per heavy atom. The van der Waals surface area contributed by atoms with Gasteiger partial charge in [-0.1, -0.05) is 30.3 Å². The average Bonchev–Trinajstić information content (AvgIpc) is 2.85. The lowest BCUT2D eigenvalue weighted by atomic mass is 9.97. The number of hydrogen-bond acceptors (Lipinski definition) is 5. The van der Waals surface area contributed by atoms with Gasteiger partial charge in [-0.05, 0) is 37.1 Å². The molecule has 0 radical (unpaired) electrons. The largest absolute Gasteiger partial charge is 0.508 e. The van der Waals surface area contributed by atoms with Crippen molar-refractivity contribution in [1.29, 1.82) is 0 Å². The molecule has 2 aromatic rings. The number of nitrogens with one attached hydrogen (secondary N) is 2. The number of carbonyl (C=O) groups excluding carboxylic acids is 3. The van der Waals surface area contributed by atoms with E-state index in [4.69, 9.17) is 0 Å². The second-order valence-corrected chi connectivity index (χ2v) is 8.13. The number of phenolic OH excluding ortho intramolecular Hbond substituents is 1. The summed E-state index contributed by atoms with van der Waals surface area (Å²) in [5, 5.41) is 25.4. The molecular formula is C25H27F4N3O5. The van der Waals surface area contributed by atoms with E-state index in [9.17, 15) is 42.2 Å². The topological polar surface area (TPSA) is 119 Å². The summed E-state index contributed by atoms with van der Waals surface area (Å²) in [6.45, 7) is 2.70. The van der Waals surface area contributed by atoms with E-state index in [1.54, 1.807) is 0 Å². The van der Waals surface area contributed by atoms with Crippen molar-refractivity contribution in [3.63, 3.8) is 0 Å². The lowest BCUT2D eigenvalue weighted by Crippen LogP contribution is -2.54. The average molecular weight is 525 g/mol. The number of rotatable bonds is 11. The molecule has 0 saturated carbocycles. The van der Waals surface area contributed by atoms with Gasteiger partial charge in [0.25, 0.3) is 11.8 Å². The monoisotopic (exact) mass is 525 g/mol. The van der Waals surface area contributed by atoms with Gasteiger partial charge in [-0.3, -0.25) is 14.4 Å². The van der Waals surface area contributed by atoms with E-state index in [0.29, 0.717) is 4.90 Å². The molecule has 37 heavy (non-hydrogen) atoms. The van der Waals surface area contributed by atoms with Crippen LogP contribution in [0.5, 0.6) is 5.75 Å². The standard InChI is InChI=1S/C25H27F4N3O5/c1-3-10-30-21(34)13-32(14-26)24(37)22(35)19(12-16-6-4-7-17(11-16)25(27,28)29)31-23(36)18-8-5-9-20(33)15(18)2/h3-9,11,19,22,33,35H,1,10,12-14H2,2H3,(H,30,34)(H,31,36). The highest BCUT2D eigenvalue weighted by molar-refractivity contribution is 5.97. The summed E-state index contributed by atoms with van der Waals surface area (Å²) >= 11 is 0. The van der Waals surface area contributed by atoms with Crippen molar-refractivity contribution in [3.8, 4) is 5.75 Å². The zero-order chi connectivity index (χ0) is 27.8. The van der Waals surface area contributed by atoms with Gasteiger partial charge in [0.2, 0.25) is 5.91 Å². The SMILES string of the molecule is C=CCNC(=O)CN(CF)C(=O)C(O)C(Cc1cccc(C(F)(F)F)c1)NC(=O)c1cccc(O)c1C. The summed E-state index contributed by atoms with van der Waals surface area (Å²) in [6, 6.07) is 6.62. The van der Waals surface area contributed by atoms with Crippen molar-refractivity contribution in [2.75, 3.05) is 19.9 Å². The Morgan fingerprint density at radius 1 is 1.16 bits per heavy atom. The number of hydrogen-bond donors (Lipinski definition) is 4. The first-order valence-corrected chi connectivity index (χ1v) is 11.0. The van der Waals surface area contributed by atoms with Gasteiger partial charge in [0.15, 0.2) is 12.9 Å². The maximum atomic E-state index is 13.6. The minimum atomic E-state index is -4.66. The number of aliphatic hydroxyl groups is 1. The van der Waals surface area contributed by atoms with Crippen LogP contribution in [0.3, 0.4) is 0 Å². The highest BCUT2D eigenvalue weighted by atomic mass is 19.4. The van der Waals surface area contributed by atoms with Crippen LogP contribution in [-0.2, 0) is 22.2 Å². The van der Waals surface area contributed by atoms with Crippen LogP contribution < -0.4 is 10.6 Å². The Kier molecular flexibility index (Phi) is 10.2. The highest BCUT2D eigenvalue weighted by Gasteiger charge is 2.34. The van der Waals surface area contributed by atoms with Crippen LogP contribution in [0, 0.1) is 6.92 Å². The van der Waals surface area contributed by atoms with Crippen LogP contribution in [0.15, 0.2) is 55.1 Å². The number of benzene rings is 2. The summed E-state index contributed by atoms with van der Waals surface area (Å²) in [5.41, 5.74) is -0.790. The van der Waals surface area contributed by atoms with E-state index in [1.165, 1.54) is 37.3 Å². The first-order valence-electron chi connectivity index (χ1n) is 11.0. The molecular weight excluding hydrogens is 498 g/mol. The second kappa shape index (κ2) is 12.9. The van der Waals surface area contributed by atoms with E-state index in [0.717, 1.165) is 18.2 Å². The molecule has 12 heteroatoms. The number of halogens is 4. The fourth-order valence-corrected chi connectivity index (χ4v) is 3.44. The Bertz CT molecular complexity index is 1140. The molecule has 0 fully saturated rings. The molecule has 0 aliphatic rings. The van der Waals surface area contributed by atoms with Crippen LogP contribution in [0.25, 0.3) is 0 Å². The second-order valence-electron chi connectivity index (χ2n) is 8.13. The number of aliphatic hydroxyl groups excluding tert-OH is 1. The molecule has 0 aliphatic heterocycles. The third-order valence-electron chi connectivity index (χ3n) is 5.44. The molecule has 3 amide bonds. The smallest absolute Gasteiger partial charge is 0.416 e. The zero-order valence-electron chi connectivity index (χ0n) is 19.9. The first kappa shape index (κ1) is 29.3. The van der Waals surface area contributed by atoms with Crippen molar-refractivity contribution in [1.82, 2.24) is 15.5 Å². The van der Waals surface area contributed by atoms with Crippen molar-refractivity contribution in [2.24, 2.45) is 0 Å². The normalized spacial score (nSPS) is 12.8. The Morgan fingerprint density at radius 2 is 1.84 bits per heavy atom. The zero-order valence-corrected chi connectivity index (χ0v) is 19.9. The Hall–Kier alpha value is -3.93. The van der Waals surface area contributed by atoms with Gasteiger partial charge in [-0.25, -0.2) is 4.39 Å². The highest BCUT2D eigenvalue weighted by Crippen LogP contribution is 2.30. The van der Waals surface area contributed by atoms with Crippen LogP contribution in [0.4, 0.5) is 17.6 Å². The first-order chi connectivity index (χ1) is 17.4. The van der Waals surface area contributed by atoms with Gasteiger partial charge in [0.1, 0.15) is 12.3 Å². The molecule has 2 aromatic carbocycles. The van der Waals surface area contributed by atoms with Gasteiger partial charge in [-0.15, -0.1) is 6.58 Å². The molecule has 0 bridgehead atoms. The summed E-state index contributed by atoms with van der Waals surface area (Å²) in [4.78, 5) is 38.1. The predicted molar refractivity (Wildman–Crippen MR) is 126 cm³/mol. The molecule has 2 rings (SSSR count). The molecule has 0 aliphatic carbocycles. The third-order valence-corrected chi connectivity index (χ3v) is 5.44. The van der Waals surface area contributed by atoms with Crippen molar-refractivity contribution in [3.05, 3.63) is 77.4 Å². The van der Waals surface area contributed by atoms with Crippen LogP contribution in [-0.4, -0.2) is 64.9 Å². The fourth-order valence-electron chi connectivity index (χ4n) is 3.44. The maximum absolute atomic E-state index is 13.6. The lowest BCUT2D eigenvalue weighted by molar-refractivity contribution is -0.146. The number of nitrogens with zero attached hydrogens (tertiary/aromatic N) is 1. The number of phenols is 1. The molecule has 8 nitrogen and oxygen atoms in total. The molecule has 0 spiro atoms. The minimum absolute atomic E-state index is 0.0140. The van der Waals surface area contributed by atoms with Gasteiger partial charge in [0.05, 0.1) is 11.6 Å². The molecule has 200 valence electrons. The molecule has 4 N–H and O–H groups in total. The van der Waals surface area contributed by atoms with Gasteiger partial charge in [0, 0.05) is 17.7 Å². The summed E-state index contributed by atoms with van der Waals surface area (Å²) in [6.07, 6.45) is -5.87. The third kappa shape index (κ3) is 8.04. The number of aromatic hydroxyl groups is 1. The molecule has 2 unspecified atom stereocenters. The maximum Gasteiger partial charge on any atom is 0.416 e. The van der Waals surface area contributed by atoms with E-state index < -0.39 is 61.4 Å². The van der Waals surface area contributed by atoms with Crippen molar-refractivity contribution < 1.29 is 42.2 Å². The Labute approximate surface area is 210 Å². The quantitative estimate of drug-likeness (QED) is 0.204. The predicted octanol–water partition coefficient (Wildman–Crippen LogP) is 2.48. The van der Waals surface area contributed by atoms with Gasteiger partial charge >= 0.3 is 6.18 Å². The number of alkyl halides is 4. The van der Waals surface area contributed by atoms with Crippen molar-refractivity contribution >= 4 is 17.7 Å². The van der Waals surface area contributed by atoms with E-state index in [2.05, 4.69) is 17.2 Å². The minimum Gasteiger partial charge on any atom is -0.508 e. The van der Waals surface area contributed by atoms with Crippen LogP contribution in [0.1, 0.15) is 27.0 Å². The van der Waals surface area contributed by atoms with Gasteiger partial charge in [-0.2, -0.15) is 13.2 Å². The molecule has 2 atom stereocenters. The van der Waals surface area contributed by atoms with Crippen LogP contribution in [0.2, 0.25) is 0 Å². The van der Waals surface area contributed by atoms with E-state index >= 15 is 0 Å². The van der Waals surface area contributed by atoms with Gasteiger partial charge < -0.3 is 25.7 Å². The molecule has 0 heterocycles. The molecule has 0 saturated heterocycles. The summed E-state index contributed by atoms with van der Waals surface area (Å²) < 4.78 is 53.1. The lowest BCUT2D eigenvalue weighted by Gasteiger charge is -2.28. The van der Waals surface area contributed by atoms with Crippen LogP contribution >= 0.6 is 0 Å². The Balaban J connectivity index is 2.36. The van der Waals surface area contributed by atoms with E-state index in [-0.39, 0.29) is 29.0 Å². The molecule has 0 aromatic heterocycles. The van der Waals surface area contributed by atoms with E-state index in [1.807, 2.05) is 0 Å². The summed E-state index contributed by atoms with van der Waals surface area (Å²) in [7, 11) is 0.